The topological polar surface area (TPSA) is 43.8 Å². The van der Waals surface area contributed by atoms with Crippen LogP contribution in [0.25, 0.3) is 0 Å². The molecular weight excluding hydrogens is 204 g/mol. The lowest BCUT2D eigenvalue weighted by Gasteiger charge is -2.35. The molecule has 0 spiro atoms. The van der Waals surface area contributed by atoms with Crippen LogP contribution in [0.15, 0.2) is 0 Å². The highest BCUT2D eigenvalue weighted by Crippen LogP contribution is 2.31. The third kappa shape index (κ3) is 1.84. The maximum atomic E-state index is 12.3. The number of carbonyl (C=O) groups is 1. The number of hydrogen-bond acceptors (Lipinski definition) is 3. The summed E-state index contributed by atoms with van der Waals surface area (Å²) >= 11 is 0. The molecular formula is C12H22N2O2. The van der Waals surface area contributed by atoms with E-state index in [1.807, 2.05) is 18.7 Å². The van der Waals surface area contributed by atoms with Gasteiger partial charge >= 0.3 is 0 Å². The number of aliphatic hydroxyl groups excluding tert-OH is 1. The van der Waals surface area contributed by atoms with E-state index in [0.717, 1.165) is 19.5 Å². The smallest absolute Gasteiger partial charge is 0.227 e. The van der Waals surface area contributed by atoms with Gasteiger partial charge in [-0.3, -0.25) is 4.79 Å². The van der Waals surface area contributed by atoms with E-state index in [4.69, 9.17) is 0 Å². The maximum absolute atomic E-state index is 12.3. The standard InChI is InChI=1S/C12H22N2O2/c1-12(2)10(15)5-7-14(12)11(16)9-4-6-13(3)8-9/h9-10,15H,4-8H2,1-3H3. The first-order valence-corrected chi connectivity index (χ1v) is 6.11. The van der Waals surface area contributed by atoms with Gasteiger partial charge in [-0.2, -0.15) is 0 Å². The van der Waals surface area contributed by atoms with E-state index in [-0.39, 0.29) is 17.9 Å². The first-order valence-electron chi connectivity index (χ1n) is 6.11. The molecule has 0 aromatic heterocycles. The Balaban J connectivity index is 2.05. The van der Waals surface area contributed by atoms with Gasteiger partial charge in [-0.15, -0.1) is 0 Å². The largest absolute Gasteiger partial charge is 0.391 e. The number of amides is 1. The van der Waals surface area contributed by atoms with Gasteiger partial charge in [-0.05, 0) is 40.3 Å². The van der Waals surface area contributed by atoms with Gasteiger partial charge in [0.1, 0.15) is 0 Å². The summed E-state index contributed by atoms with van der Waals surface area (Å²) in [6.45, 7) is 6.49. The van der Waals surface area contributed by atoms with Gasteiger partial charge in [0.2, 0.25) is 5.91 Å². The fraction of sp³-hybridized carbons (Fsp3) is 0.917. The molecule has 1 amide bonds. The molecule has 0 aliphatic carbocycles. The third-order valence-corrected chi connectivity index (χ3v) is 4.14. The van der Waals surface area contributed by atoms with Gasteiger partial charge in [-0.25, -0.2) is 0 Å². The highest BCUT2D eigenvalue weighted by atomic mass is 16.3. The van der Waals surface area contributed by atoms with Crippen LogP contribution in [0.4, 0.5) is 0 Å². The molecule has 2 rings (SSSR count). The van der Waals surface area contributed by atoms with Gasteiger partial charge in [-0.1, -0.05) is 0 Å². The van der Waals surface area contributed by atoms with E-state index in [1.54, 1.807) is 0 Å². The minimum absolute atomic E-state index is 0.134. The summed E-state index contributed by atoms with van der Waals surface area (Å²) in [5.74, 6) is 0.362. The molecule has 2 heterocycles. The Kier molecular flexibility index (Phi) is 2.97. The highest BCUT2D eigenvalue weighted by Gasteiger charge is 2.45. The van der Waals surface area contributed by atoms with Gasteiger partial charge in [0.05, 0.1) is 17.6 Å². The van der Waals surface area contributed by atoms with Gasteiger partial charge in [0.25, 0.3) is 0 Å². The normalized spacial score (nSPS) is 34.6. The fourth-order valence-corrected chi connectivity index (χ4v) is 2.82. The summed E-state index contributed by atoms with van der Waals surface area (Å²) in [6, 6.07) is 0. The van der Waals surface area contributed by atoms with Crippen molar-refractivity contribution >= 4 is 5.91 Å². The third-order valence-electron chi connectivity index (χ3n) is 4.14. The van der Waals surface area contributed by atoms with Gasteiger partial charge < -0.3 is 14.9 Å². The zero-order chi connectivity index (χ0) is 11.9. The Hall–Kier alpha value is -0.610. The van der Waals surface area contributed by atoms with Crippen LogP contribution in [0.2, 0.25) is 0 Å². The van der Waals surface area contributed by atoms with Crippen molar-refractivity contribution in [1.29, 1.82) is 0 Å². The number of rotatable bonds is 1. The molecule has 0 radical (unpaired) electrons. The number of nitrogens with zero attached hydrogens (tertiary/aromatic N) is 2. The Labute approximate surface area is 97.2 Å². The van der Waals surface area contributed by atoms with Crippen LogP contribution in [-0.4, -0.2) is 59.1 Å². The minimum Gasteiger partial charge on any atom is -0.391 e. The second-order valence-electron chi connectivity index (χ2n) is 5.70. The molecule has 4 nitrogen and oxygen atoms in total. The van der Waals surface area contributed by atoms with E-state index in [0.29, 0.717) is 13.0 Å². The highest BCUT2D eigenvalue weighted by molar-refractivity contribution is 5.80. The number of hydrogen-bond donors (Lipinski definition) is 1. The summed E-state index contributed by atoms with van der Waals surface area (Å²) in [4.78, 5) is 16.4. The summed E-state index contributed by atoms with van der Waals surface area (Å²) < 4.78 is 0. The molecule has 0 bridgehead atoms. The summed E-state index contributed by atoms with van der Waals surface area (Å²) in [7, 11) is 2.05. The van der Waals surface area contributed by atoms with Crippen LogP contribution >= 0.6 is 0 Å². The quantitative estimate of drug-likeness (QED) is 0.700. The average molecular weight is 226 g/mol. The van der Waals surface area contributed by atoms with Crippen molar-refractivity contribution in [2.75, 3.05) is 26.7 Å². The van der Waals surface area contributed by atoms with E-state index in [9.17, 15) is 9.90 Å². The molecule has 2 aliphatic rings. The molecule has 0 aromatic carbocycles. The van der Waals surface area contributed by atoms with E-state index < -0.39 is 5.54 Å². The molecule has 0 saturated carbocycles. The van der Waals surface area contributed by atoms with Crippen LogP contribution in [0.1, 0.15) is 26.7 Å². The zero-order valence-electron chi connectivity index (χ0n) is 10.4. The van der Waals surface area contributed by atoms with Crippen molar-refractivity contribution in [2.24, 2.45) is 5.92 Å². The fourth-order valence-electron chi connectivity index (χ4n) is 2.82. The lowest BCUT2D eigenvalue weighted by Crippen LogP contribution is -2.50. The van der Waals surface area contributed by atoms with Crippen molar-refractivity contribution < 1.29 is 9.90 Å². The molecule has 0 aromatic rings. The SMILES string of the molecule is CN1CCC(C(=O)N2CCC(O)C2(C)C)C1. The molecule has 1 N–H and O–H groups in total. The number of carbonyl (C=O) groups excluding carboxylic acids is 1. The second-order valence-corrected chi connectivity index (χ2v) is 5.70. The second kappa shape index (κ2) is 4.00. The molecule has 2 aliphatic heterocycles. The predicted molar refractivity (Wildman–Crippen MR) is 62.0 cm³/mol. The van der Waals surface area contributed by atoms with E-state index >= 15 is 0 Å². The summed E-state index contributed by atoms with van der Waals surface area (Å²) in [6.07, 6.45) is 1.29. The lowest BCUT2D eigenvalue weighted by atomic mass is 9.97. The van der Waals surface area contributed by atoms with Crippen molar-refractivity contribution in [2.45, 2.75) is 38.3 Å². The zero-order valence-corrected chi connectivity index (χ0v) is 10.4. The lowest BCUT2D eigenvalue weighted by molar-refractivity contribution is -0.140. The van der Waals surface area contributed by atoms with Gasteiger partial charge in [0.15, 0.2) is 0 Å². The molecule has 2 atom stereocenters. The number of aliphatic hydroxyl groups is 1. The van der Waals surface area contributed by atoms with Gasteiger partial charge in [0, 0.05) is 13.1 Å². The number of likely N-dealkylation sites (tertiary alicyclic amines) is 2. The Morgan fingerprint density at radius 2 is 2.00 bits per heavy atom. The Morgan fingerprint density at radius 1 is 1.31 bits per heavy atom. The van der Waals surface area contributed by atoms with E-state index in [1.165, 1.54) is 0 Å². The minimum atomic E-state index is -0.391. The van der Waals surface area contributed by atoms with Crippen LogP contribution in [0, 0.1) is 5.92 Å². The molecule has 92 valence electrons. The van der Waals surface area contributed by atoms with Crippen LogP contribution < -0.4 is 0 Å². The maximum Gasteiger partial charge on any atom is 0.227 e. The van der Waals surface area contributed by atoms with Crippen molar-refractivity contribution in [1.82, 2.24) is 9.80 Å². The Bertz CT molecular complexity index is 291. The first kappa shape index (κ1) is 11.9. The van der Waals surface area contributed by atoms with E-state index in [2.05, 4.69) is 11.9 Å². The van der Waals surface area contributed by atoms with Crippen LogP contribution in [-0.2, 0) is 4.79 Å². The molecule has 16 heavy (non-hydrogen) atoms. The molecule has 2 fully saturated rings. The van der Waals surface area contributed by atoms with Crippen molar-refractivity contribution in [3.8, 4) is 0 Å². The molecule has 2 saturated heterocycles. The first-order chi connectivity index (χ1) is 7.43. The summed E-state index contributed by atoms with van der Waals surface area (Å²) in [5, 5.41) is 9.87. The summed E-state index contributed by atoms with van der Waals surface area (Å²) in [5.41, 5.74) is -0.391. The van der Waals surface area contributed by atoms with Crippen LogP contribution in [0.5, 0.6) is 0 Å². The van der Waals surface area contributed by atoms with Crippen molar-refractivity contribution in [3.63, 3.8) is 0 Å². The van der Waals surface area contributed by atoms with Crippen LogP contribution in [0.3, 0.4) is 0 Å². The molecule has 4 heteroatoms. The molecule has 2 unspecified atom stereocenters. The predicted octanol–water partition coefficient (Wildman–Crippen LogP) is 0.310. The monoisotopic (exact) mass is 226 g/mol. The van der Waals surface area contributed by atoms with Crippen molar-refractivity contribution in [3.05, 3.63) is 0 Å². The Morgan fingerprint density at radius 3 is 2.44 bits per heavy atom. The average Bonchev–Trinajstić information content (AvgIpc) is 2.73.